The molecule has 0 amide bonds. The van der Waals surface area contributed by atoms with Gasteiger partial charge in [0, 0.05) is 51.9 Å². The Morgan fingerprint density at radius 2 is 1.90 bits per heavy atom. The molecule has 0 saturated heterocycles. The molecule has 0 spiro atoms. The molecule has 2 aliphatic rings. The smallest absolute Gasteiger partial charge is 0.161 e. The highest BCUT2D eigenvalue weighted by atomic mass is 19.1. The van der Waals surface area contributed by atoms with Crippen LogP contribution in [0.5, 0.6) is 0 Å². The van der Waals surface area contributed by atoms with Gasteiger partial charge in [0.2, 0.25) is 0 Å². The first-order chi connectivity index (χ1) is 14.0. The van der Waals surface area contributed by atoms with Gasteiger partial charge in [0.05, 0.1) is 0 Å². The molecular formula is C23H23FN4O. The Hall–Kier alpha value is -3.15. The fourth-order valence-corrected chi connectivity index (χ4v) is 4.88. The lowest BCUT2D eigenvalue weighted by Gasteiger charge is -2.32. The standard InChI is InChI=1S/C23H23FN4O/c1-12-11-17(14(3)28(12)16-9-7-15(24)8-10-16)21-20-13(2)26-27-23(20)25-18-5-4-6-19(29)22(18)21/h7-11,21H,4-6H2,1-3H3,(H2,25,26,27). The molecule has 5 rings (SSSR count). The van der Waals surface area contributed by atoms with E-state index in [-0.39, 0.29) is 17.5 Å². The van der Waals surface area contributed by atoms with Crippen molar-refractivity contribution < 1.29 is 9.18 Å². The lowest BCUT2D eigenvalue weighted by atomic mass is 9.76. The lowest BCUT2D eigenvalue weighted by molar-refractivity contribution is -0.116. The molecule has 0 radical (unpaired) electrons. The molecule has 0 bridgehead atoms. The molecule has 2 N–H and O–H groups in total. The van der Waals surface area contributed by atoms with E-state index < -0.39 is 0 Å². The maximum Gasteiger partial charge on any atom is 0.161 e. The second kappa shape index (κ2) is 6.44. The minimum atomic E-state index is -0.254. The molecule has 3 heterocycles. The first-order valence-corrected chi connectivity index (χ1v) is 9.98. The largest absolute Gasteiger partial charge is 0.342 e. The van der Waals surface area contributed by atoms with Gasteiger partial charge in [-0.25, -0.2) is 4.39 Å². The molecule has 0 saturated carbocycles. The Kier molecular flexibility index (Phi) is 3.98. The predicted molar refractivity (Wildman–Crippen MR) is 110 cm³/mol. The van der Waals surface area contributed by atoms with E-state index in [0.717, 1.165) is 63.8 Å². The van der Waals surface area contributed by atoms with Gasteiger partial charge in [-0.15, -0.1) is 0 Å². The van der Waals surface area contributed by atoms with Gasteiger partial charge in [-0.1, -0.05) is 0 Å². The van der Waals surface area contributed by atoms with Crippen molar-refractivity contribution >= 4 is 11.6 Å². The minimum Gasteiger partial charge on any atom is -0.342 e. The van der Waals surface area contributed by atoms with E-state index in [1.807, 2.05) is 13.8 Å². The van der Waals surface area contributed by atoms with Crippen molar-refractivity contribution in [1.82, 2.24) is 14.8 Å². The minimum absolute atomic E-state index is 0.145. The van der Waals surface area contributed by atoms with Gasteiger partial charge in [0.25, 0.3) is 0 Å². The van der Waals surface area contributed by atoms with Gasteiger partial charge in [0.15, 0.2) is 11.6 Å². The van der Waals surface area contributed by atoms with Crippen LogP contribution in [-0.2, 0) is 4.79 Å². The molecule has 5 nitrogen and oxygen atoms in total. The molecule has 0 fully saturated rings. The third-order valence-corrected chi connectivity index (χ3v) is 6.16. The Morgan fingerprint density at radius 3 is 2.66 bits per heavy atom. The normalized spacial score (nSPS) is 18.5. The van der Waals surface area contributed by atoms with Crippen LogP contribution in [0.15, 0.2) is 41.6 Å². The number of carbonyl (C=O) groups is 1. The van der Waals surface area contributed by atoms with Crippen LogP contribution >= 0.6 is 0 Å². The summed E-state index contributed by atoms with van der Waals surface area (Å²) in [4.78, 5) is 13.0. The van der Waals surface area contributed by atoms with E-state index >= 15 is 0 Å². The molecule has 1 atom stereocenters. The number of ketones is 1. The second-order valence-electron chi connectivity index (χ2n) is 7.98. The first-order valence-electron chi connectivity index (χ1n) is 9.98. The number of halogens is 1. The summed E-state index contributed by atoms with van der Waals surface area (Å²) in [5.74, 6) is 0.623. The SMILES string of the molecule is Cc1[nH]nc2c1C(c1cc(C)n(-c3ccc(F)cc3)c1C)C1=C(CCCC1=O)N2. The fourth-order valence-electron chi connectivity index (χ4n) is 4.88. The number of rotatable bonds is 2. The van der Waals surface area contributed by atoms with E-state index in [1.54, 1.807) is 12.1 Å². The molecule has 148 valence electrons. The van der Waals surface area contributed by atoms with Crippen LogP contribution in [0.1, 0.15) is 53.4 Å². The van der Waals surface area contributed by atoms with E-state index in [0.29, 0.717) is 6.42 Å². The molecule has 6 heteroatoms. The molecule has 1 aliphatic carbocycles. The van der Waals surface area contributed by atoms with Gasteiger partial charge in [-0.05, 0) is 69.5 Å². The highest BCUT2D eigenvalue weighted by Crippen LogP contribution is 2.47. The quantitative estimate of drug-likeness (QED) is 0.659. The molecular weight excluding hydrogens is 367 g/mol. The van der Waals surface area contributed by atoms with Crippen LogP contribution in [0.2, 0.25) is 0 Å². The number of H-pyrrole nitrogens is 1. The number of allylic oxidation sites excluding steroid dienone is 2. The number of Topliss-reactive ketones (excluding diaryl/α,β-unsaturated/α-hetero) is 1. The highest BCUT2D eigenvalue weighted by molar-refractivity contribution is 6.01. The maximum atomic E-state index is 13.4. The molecule has 2 aromatic heterocycles. The zero-order valence-electron chi connectivity index (χ0n) is 16.8. The fraction of sp³-hybridized carbons (Fsp3) is 0.304. The van der Waals surface area contributed by atoms with E-state index in [4.69, 9.17) is 0 Å². The summed E-state index contributed by atoms with van der Waals surface area (Å²) in [7, 11) is 0. The molecule has 1 unspecified atom stereocenters. The van der Waals surface area contributed by atoms with Gasteiger partial charge >= 0.3 is 0 Å². The number of fused-ring (bicyclic) bond motifs is 1. The van der Waals surface area contributed by atoms with Crippen molar-refractivity contribution in [3.8, 4) is 5.69 Å². The van der Waals surface area contributed by atoms with Crippen LogP contribution in [0, 0.1) is 26.6 Å². The van der Waals surface area contributed by atoms with E-state index in [9.17, 15) is 9.18 Å². The van der Waals surface area contributed by atoms with Crippen LogP contribution in [-0.4, -0.2) is 20.5 Å². The Morgan fingerprint density at radius 1 is 1.14 bits per heavy atom. The monoisotopic (exact) mass is 390 g/mol. The Balaban J connectivity index is 1.73. The summed E-state index contributed by atoms with van der Waals surface area (Å²) < 4.78 is 15.6. The van der Waals surface area contributed by atoms with Crippen molar-refractivity contribution in [1.29, 1.82) is 0 Å². The summed E-state index contributed by atoms with van der Waals surface area (Å²) in [5.41, 5.74) is 7.99. The van der Waals surface area contributed by atoms with Crippen LogP contribution in [0.25, 0.3) is 5.69 Å². The third-order valence-electron chi connectivity index (χ3n) is 6.16. The molecule has 29 heavy (non-hydrogen) atoms. The summed E-state index contributed by atoms with van der Waals surface area (Å²) in [6.45, 7) is 6.11. The summed E-state index contributed by atoms with van der Waals surface area (Å²) in [5, 5.41) is 10.9. The van der Waals surface area contributed by atoms with Crippen LogP contribution in [0.3, 0.4) is 0 Å². The number of aryl methyl sites for hydroxylation is 2. The molecule has 1 aromatic carbocycles. The average Bonchev–Trinajstić information content (AvgIpc) is 3.21. The van der Waals surface area contributed by atoms with E-state index in [1.165, 1.54) is 12.1 Å². The highest BCUT2D eigenvalue weighted by Gasteiger charge is 2.39. The number of benzene rings is 1. The number of aromatic nitrogens is 3. The maximum absolute atomic E-state index is 13.4. The topological polar surface area (TPSA) is 62.7 Å². The second-order valence-corrected chi connectivity index (χ2v) is 7.98. The molecule has 3 aromatic rings. The lowest BCUT2D eigenvalue weighted by Crippen LogP contribution is -2.27. The number of carbonyl (C=O) groups excluding carboxylic acids is 1. The van der Waals surface area contributed by atoms with Crippen molar-refractivity contribution in [3.05, 3.63) is 75.6 Å². The number of hydrogen-bond acceptors (Lipinski definition) is 3. The zero-order valence-corrected chi connectivity index (χ0v) is 16.8. The Labute approximate surface area is 168 Å². The Bertz CT molecular complexity index is 1170. The van der Waals surface area contributed by atoms with Crippen molar-refractivity contribution in [2.75, 3.05) is 5.32 Å². The summed E-state index contributed by atoms with van der Waals surface area (Å²) >= 11 is 0. The zero-order chi connectivity index (χ0) is 20.3. The van der Waals surface area contributed by atoms with Crippen molar-refractivity contribution in [2.45, 2.75) is 46.0 Å². The van der Waals surface area contributed by atoms with Gasteiger partial charge in [0.1, 0.15) is 5.82 Å². The third kappa shape index (κ3) is 2.66. The number of hydrogen-bond donors (Lipinski definition) is 2. The number of anilines is 1. The molecule has 1 aliphatic heterocycles. The van der Waals surface area contributed by atoms with Crippen molar-refractivity contribution in [2.24, 2.45) is 0 Å². The van der Waals surface area contributed by atoms with E-state index in [2.05, 4.69) is 33.1 Å². The number of nitrogens with zero attached hydrogens (tertiary/aromatic N) is 2. The van der Waals surface area contributed by atoms with Gasteiger partial charge < -0.3 is 9.88 Å². The van der Waals surface area contributed by atoms with Gasteiger partial charge in [-0.2, -0.15) is 5.10 Å². The van der Waals surface area contributed by atoms with Crippen molar-refractivity contribution in [3.63, 3.8) is 0 Å². The van der Waals surface area contributed by atoms with Crippen LogP contribution in [0.4, 0.5) is 10.2 Å². The number of aromatic amines is 1. The van der Waals surface area contributed by atoms with Gasteiger partial charge in [-0.3, -0.25) is 9.89 Å². The predicted octanol–water partition coefficient (Wildman–Crippen LogP) is 4.83. The average molecular weight is 390 g/mol. The summed E-state index contributed by atoms with van der Waals surface area (Å²) in [6, 6.07) is 8.67. The summed E-state index contributed by atoms with van der Waals surface area (Å²) in [6.07, 6.45) is 2.31. The number of nitrogens with one attached hydrogen (secondary N) is 2. The first kappa shape index (κ1) is 17.9. The van der Waals surface area contributed by atoms with Crippen LogP contribution < -0.4 is 5.32 Å².